The summed E-state index contributed by atoms with van der Waals surface area (Å²) in [6.07, 6.45) is 1.20. The second kappa shape index (κ2) is 4.01. The van der Waals surface area contributed by atoms with Crippen LogP contribution in [-0.2, 0) is 13.0 Å². The molecule has 0 saturated heterocycles. The van der Waals surface area contributed by atoms with Crippen LogP contribution in [0.2, 0.25) is 0 Å². The molecule has 0 atom stereocenters. The minimum atomic E-state index is 0.994. The highest BCUT2D eigenvalue weighted by molar-refractivity contribution is 5.58. The van der Waals surface area contributed by atoms with Gasteiger partial charge in [0.25, 0.3) is 0 Å². The largest absolute Gasteiger partial charge is 0.374 e. The van der Waals surface area contributed by atoms with E-state index in [2.05, 4.69) is 42.4 Å². The van der Waals surface area contributed by atoms with Crippen LogP contribution in [0.3, 0.4) is 0 Å². The van der Waals surface area contributed by atoms with Gasteiger partial charge in [-0.1, -0.05) is 19.1 Å². The standard InChI is InChI=1S/C12H18N2/c1-3-13-9-10-4-5-12-11(8-10)6-7-14(12)2/h4-5,8,13H,3,6-7,9H2,1-2H3. The van der Waals surface area contributed by atoms with Crippen LogP contribution in [0.15, 0.2) is 18.2 Å². The lowest BCUT2D eigenvalue weighted by molar-refractivity contribution is 0.726. The first-order chi connectivity index (χ1) is 6.81. The molecule has 1 aromatic carbocycles. The van der Waals surface area contributed by atoms with Crippen molar-refractivity contribution in [3.05, 3.63) is 29.3 Å². The summed E-state index contributed by atoms with van der Waals surface area (Å²) >= 11 is 0. The van der Waals surface area contributed by atoms with Crippen molar-refractivity contribution in [1.82, 2.24) is 5.32 Å². The number of nitrogens with zero attached hydrogens (tertiary/aromatic N) is 1. The molecule has 0 amide bonds. The number of rotatable bonds is 3. The molecule has 0 unspecified atom stereocenters. The Kier molecular flexibility index (Phi) is 2.73. The Balaban J connectivity index is 2.15. The van der Waals surface area contributed by atoms with Crippen molar-refractivity contribution in [2.75, 3.05) is 25.0 Å². The number of fused-ring (bicyclic) bond motifs is 1. The Labute approximate surface area is 85.9 Å². The number of nitrogens with one attached hydrogen (secondary N) is 1. The molecule has 0 aromatic heterocycles. The summed E-state index contributed by atoms with van der Waals surface area (Å²) in [7, 11) is 2.16. The van der Waals surface area contributed by atoms with E-state index in [1.165, 1.54) is 29.8 Å². The summed E-state index contributed by atoms with van der Waals surface area (Å²) in [6, 6.07) is 6.81. The summed E-state index contributed by atoms with van der Waals surface area (Å²) in [5, 5.41) is 3.35. The normalized spacial score (nSPS) is 14.6. The van der Waals surface area contributed by atoms with E-state index in [9.17, 15) is 0 Å². The quantitative estimate of drug-likeness (QED) is 0.781. The lowest BCUT2D eigenvalue weighted by atomic mass is 10.1. The molecule has 2 nitrogen and oxygen atoms in total. The molecule has 2 rings (SSSR count). The topological polar surface area (TPSA) is 15.3 Å². The summed E-state index contributed by atoms with van der Waals surface area (Å²) in [5.41, 5.74) is 4.31. The number of likely N-dealkylation sites (N-methyl/N-ethyl adjacent to an activating group) is 1. The van der Waals surface area contributed by atoms with Gasteiger partial charge in [0.1, 0.15) is 0 Å². The Hall–Kier alpha value is -1.02. The summed E-state index contributed by atoms with van der Waals surface area (Å²) in [4.78, 5) is 2.33. The minimum Gasteiger partial charge on any atom is -0.374 e. The van der Waals surface area contributed by atoms with Crippen molar-refractivity contribution in [3.63, 3.8) is 0 Å². The van der Waals surface area contributed by atoms with Gasteiger partial charge in [0.2, 0.25) is 0 Å². The predicted octanol–water partition coefficient (Wildman–Crippen LogP) is 1.79. The number of hydrogen-bond acceptors (Lipinski definition) is 2. The van der Waals surface area contributed by atoms with Gasteiger partial charge in [-0.2, -0.15) is 0 Å². The van der Waals surface area contributed by atoms with Crippen molar-refractivity contribution >= 4 is 5.69 Å². The molecule has 0 spiro atoms. The molecular formula is C12H18N2. The predicted molar refractivity (Wildman–Crippen MR) is 60.8 cm³/mol. The van der Waals surface area contributed by atoms with E-state index in [0.717, 1.165) is 13.1 Å². The maximum absolute atomic E-state index is 3.35. The molecular weight excluding hydrogens is 172 g/mol. The Morgan fingerprint density at radius 3 is 3.07 bits per heavy atom. The maximum Gasteiger partial charge on any atom is 0.0397 e. The zero-order chi connectivity index (χ0) is 9.97. The Bertz CT molecular complexity index is 320. The molecule has 0 saturated carbocycles. The third-order valence-corrected chi connectivity index (χ3v) is 2.85. The van der Waals surface area contributed by atoms with E-state index in [0.29, 0.717) is 0 Å². The summed E-state index contributed by atoms with van der Waals surface area (Å²) < 4.78 is 0. The van der Waals surface area contributed by atoms with Crippen molar-refractivity contribution in [2.24, 2.45) is 0 Å². The third-order valence-electron chi connectivity index (χ3n) is 2.85. The lowest BCUT2D eigenvalue weighted by Crippen LogP contribution is -2.13. The molecule has 1 aliphatic heterocycles. The average molecular weight is 190 g/mol. The first-order valence-electron chi connectivity index (χ1n) is 5.35. The molecule has 1 aliphatic rings. The van der Waals surface area contributed by atoms with Crippen LogP contribution < -0.4 is 10.2 Å². The second-order valence-corrected chi connectivity index (χ2v) is 3.91. The summed E-state index contributed by atoms with van der Waals surface area (Å²) in [6.45, 7) is 5.34. The highest BCUT2D eigenvalue weighted by Gasteiger charge is 2.14. The van der Waals surface area contributed by atoms with Gasteiger partial charge >= 0.3 is 0 Å². The van der Waals surface area contributed by atoms with Crippen LogP contribution in [0, 0.1) is 0 Å². The highest BCUT2D eigenvalue weighted by Crippen LogP contribution is 2.27. The van der Waals surface area contributed by atoms with E-state index in [1.54, 1.807) is 0 Å². The first kappa shape index (κ1) is 9.53. The fourth-order valence-electron chi connectivity index (χ4n) is 2.00. The van der Waals surface area contributed by atoms with Gasteiger partial charge in [-0.15, -0.1) is 0 Å². The van der Waals surface area contributed by atoms with Gasteiger partial charge in [-0.05, 0) is 30.2 Å². The van der Waals surface area contributed by atoms with E-state index >= 15 is 0 Å². The highest BCUT2D eigenvalue weighted by atomic mass is 15.1. The number of anilines is 1. The molecule has 1 heterocycles. The first-order valence-corrected chi connectivity index (χ1v) is 5.35. The molecule has 2 heteroatoms. The molecule has 0 fully saturated rings. The van der Waals surface area contributed by atoms with Crippen molar-refractivity contribution in [2.45, 2.75) is 19.9 Å². The average Bonchev–Trinajstić information content (AvgIpc) is 2.57. The fraction of sp³-hybridized carbons (Fsp3) is 0.500. The van der Waals surface area contributed by atoms with Crippen molar-refractivity contribution < 1.29 is 0 Å². The molecule has 1 N–H and O–H groups in total. The van der Waals surface area contributed by atoms with E-state index in [1.807, 2.05) is 0 Å². The molecule has 76 valence electrons. The minimum absolute atomic E-state index is 0.994. The number of benzene rings is 1. The monoisotopic (exact) mass is 190 g/mol. The second-order valence-electron chi connectivity index (χ2n) is 3.91. The van der Waals surface area contributed by atoms with E-state index in [-0.39, 0.29) is 0 Å². The van der Waals surface area contributed by atoms with Crippen molar-refractivity contribution in [3.8, 4) is 0 Å². The molecule has 1 aromatic rings. The molecule has 0 bridgehead atoms. The molecule has 0 aliphatic carbocycles. The number of hydrogen-bond donors (Lipinski definition) is 1. The zero-order valence-electron chi connectivity index (χ0n) is 9.01. The van der Waals surface area contributed by atoms with Crippen LogP contribution in [-0.4, -0.2) is 20.1 Å². The van der Waals surface area contributed by atoms with Crippen LogP contribution in [0.4, 0.5) is 5.69 Å². The fourth-order valence-corrected chi connectivity index (χ4v) is 2.00. The molecule has 0 radical (unpaired) electrons. The molecule has 14 heavy (non-hydrogen) atoms. The third kappa shape index (κ3) is 1.75. The Morgan fingerprint density at radius 2 is 2.29 bits per heavy atom. The van der Waals surface area contributed by atoms with Gasteiger partial charge < -0.3 is 10.2 Å². The van der Waals surface area contributed by atoms with Gasteiger partial charge in [-0.3, -0.25) is 0 Å². The van der Waals surface area contributed by atoms with Crippen LogP contribution >= 0.6 is 0 Å². The van der Waals surface area contributed by atoms with Gasteiger partial charge in [0, 0.05) is 25.8 Å². The van der Waals surface area contributed by atoms with E-state index < -0.39 is 0 Å². The van der Waals surface area contributed by atoms with Gasteiger partial charge in [-0.25, -0.2) is 0 Å². The summed E-state index contributed by atoms with van der Waals surface area (Å²) in [5.74, 6) is 0. The van der Waals surface area contributed by atoms with Crippen LogP contribution in [0.1, 0.15) is 18.1 Å². The van der Waals surface area contributed by atoms with Gasteiger partial charge in [0.15, 0.2) is 0 Å². The lowest BCUT2D eigenvalue weighted by Gasteiger charge is -2.12. The smallest absolute Gasteiger partial charge is 0.0397 e. The van der Waals surface area contributed by atoms with E-state index in [4.69, 9.17) is 0 Å². The SMILES string of the molecule is CCNCc1ccc2c(c1)CCN2C. The van der Waals surface area contributed by atoms with Crippen LogP contribution in [0.25, 0.3) is 0 Å². The van der Waals surface area contributed by atoms with Crippen molar-refractivity contribution in [1.29, 1.82) is 0 Å². The maximum atomic E-state index is 3.35. The van der Waals surface area contributed by atoms with Crippen LogP contribution in [0.5, 0.6) is 0 Å². The Morgan fingerprint density at radius 1 is 1.43 bits per heavy atom. The zero-order valence-corrected chi connectivity index (χ0v) is 9.01. The van der Waals surface area contributed by atoms with Gasteiger partial charge in [0.05, 0.1) is 0 Å².